The Labute approximate surface area is 77.1 Å². The summed E-state index contributed by atoms with van der Waals surface area (Å²) in [6.07, 6.45) is 0. The molecule has 0 bridgehead atoms. The van der Waals surface area contributed by atoms with Gasteiger partial charge >= 0.3 is 5.97 Å². The highest BCUT2D eigenvalue weighted by Crippen LogP contribution is 2.32. The lowest BCUT2D eigenvalue weighted by Crippen LogP contribution is -1.89. The quantitative estimate of drug-likeness (QED) is 0.764. The molecule has 0 fully saturated rings. The molecule has 4 heteroatoms. The third kappa shape index (κ3) is 1.13. The molecule has 0 radical (unpaired) electrons. The minimum Gasteiger partial charge on any atom is -0.477 e. The molecule has 62 valence electrons. The molecule has 0 unspecified atom stereocenters. The van der Waals surface area contributed by atoms with Crippen LogP contribution in [-0.2, 0) is 0 Å². The van der Waals surface area contributed by atoms with Gasteiger partial charge in [-0.15, -0.1) is 22.7 Å². The van der Waals surface area contributed by atoms with Crippen LogP contribution in [0.3, 0.4) is 0 Å². The molecular weight excluding hydrogens is 192 g/mol. The third-order valence-electron chi connectivity index (χ3n) is 1.55. The van der Waals surface area contributed by atoms with Crippen LogP contribution in [0.4, 0.5) is 0 Å². The molecule has 0 aliphatic carbocycles. The van der Waals surface area contributed by atoms with Crippen molar-refractivity contribution in [2.45, 2.75) is 6.92 Å². The molecule has 0 aliphatic rings. The second-order valence-corrected chi connectivity index (χ2v) is 5.08. The van der Waals surface area contributed by atoms with Gasteiger partial charge in [0.1, 0.15) is 4.88 Å². The van der Waals surface area contributed by atoms with Crippen molar-refractivity contribution in [2.75, 3.05) is 0 Å². The van der Waals surface area contributed by atoms with Crippen LogP contribution < -0.4 is 0 Å². The fourth-order valence-corrected chi connectivity index (χ4v) is 3.32. The average Bonchev–Trinajstić information content (AvgIpc) is 2.42. The normalized spacial score (nSPS) is 10.8. The summed E-state index contributed by atoms with van der Waals surface area (Å²) in [7, 11) is 0. The maximum Gasteiger partial charge on any atom is 0.345 e. The van der Waals surface area contributed by atoms with Crippen LogP contribution in [0.1, 0.15) is 14.5 Å². The molecule has 2 rings (SSSR count). The number of thiophene rings is 2. The first-order chi connectivity index (χ1) is 5.66. The summed E-state index contributed by atoms with van der Waals surface area (Å²) in [4.78, 5) is 12.2. The van der Waals surface area contributed by atoms with Gasteiger partial charge in [-0.2, -0.15) is 0 Å². The zero-order valence-electron chi connectivity index (χ0n) is 6.33. The number of carboxylic acids is 1. The molecule has 2 nitrogen and oxygen atoms in total. The van der Waals surface area contributed by atoms with Crippen molar-refractivity contribution in [3.05, 3.63) is 21.9 Å². The number of fused-ring (bicyclic) bond motifs is 1. The first-order valence-electron chi connectivity index (χ1n) is 3.40. The van der Waals surface area contributed by atoms with E-state index in [4.69, 9.17) is 5.11 Å². The molecule has 0 spiro atoms. The predicted octanol–water partition coefficient (Wildman–Crippen LogP) is 2.97. The van der Waals surface area contributed by atoms with Gasteiger partial charge in [-0.05, 0) is 19.1 Å². The standard InChI is InChI=1S/C8H6O2S2/c1-4-2-5-3-6(7(9)10)12-8(5)11-4/h2-3H,1H3,(H,9,10). The highest BCUT2D eigenvalue weighted by molar-refractivity contribution is 7.39. The summed E-state index contributed by atoms with van der Waals surface area (Å²) in [6.45, 7) is 2.03. The number of rotatable bonds is 1. The number of aromatic carboxylic acids is 1. The minimum absolute atomic E-state index is 0.427. The van der Waals surface area contributed by atoms with Gasteiger partial charge in [-0.3, -0.25) is 0 Å². The minimum atomic E-state index is -0.832. The van der Waals surface area contributed by atoms with Gasteiger partial charge in [0.05, 0.1) is 4.01 Å². The Hall–Kier alpha value is -0.870. The van der Waals surface area contributed by atoms with Crippen LogP contribution in [0.2, 0.25) is 0 Å². The van der Waals surface area contributed by atoms with Gasteiger partial charge < -0.3 is 5.11 Å². The van der Waals surface area contributed by atoms with E-state index in [-0.39, 0.29) is 0 Å². The summed E-state index contributed by atoms with van der Waals surface area (Å²) in [5.41, 5.74) is 0. The largest absolute Gasteiger partial charge is 0.477 e. The van der Waals surface area contributed by atoms with Crippen molar-refractivity contribution in [1.82, 2.24) is 0 Å². The molecule has 2 heterocycles. The third-order valence-corrected chi connectivity index (χ3v) is 3.84. The van der Waals surface area contributed by atoms with Crippen molar-refractivity contribution in [1.29, 1.82) is 0 Å². The van der Waals surface area contributed by atoms with E-state index in [1.807, 2.05) is 13.0 Å². The SMILES string of the molecule is Cc1cc2cc(C(=O)O)sc2s1. The summed E-state index contributed by atoms with van der Waals surface area (Å²) in [5, 5.41) is 9.74. The molecule has 2 aromatic heterocycles. The van der Waals surface area contributed by atoms with E-state index >= 15 is 0 Å². The van der Waals surface area contributed by atoms with Crippen LogP contribution in [0.25, 0.3) is 9.40 Å². The number of aryl methyl sites for hydroxylation is 1. The Morgan fingerprint density at radius 2 is 2.17 bits per heavy atom. The second kappa shape index (κ2) is 2.57. The summed E-state index contributed by atoms with van der Waals surface area (Å²) >= 11 is 2.99. The van der Waals surface area contributed by atoms with E-state index in [1.165, 1.54) is 16.2 Å². The lowest BCUT2D eigenvalue weighted by atomic mass is 10.3. The van der Waals surface area contributed by atoms with E-state index in [0.717, 1.165) is 9.40 Å². The van der Waals surface area contributed by atoms with Crippen LogP contribution in [0.15, 0.2) is 12.1 Å². The van der Waals surface area contributed by atoms with Crippen LogP contribution in [0, 0.1) is 6.92 Å². The monoisotopic (exact) mass is 198 g/mol. The zero-order valence-corrected chi connectivity index (χ0v) is 7.96. The van der Waals surface area contributed by atoms with Crippen LogP contribution in [-0.4, -0.2) is 11.1 Å². The van der Waals surface area contributed by atoms with E-state index < -0.39 is 5.97 Å². The van der Waals surface area contributed by atoms with E-state index in [9.17, 15) is 4.79 Å². The van der Waals surface area contributed by atoms with Crippen molar-refractivity contribution in [2.24, 2.45) is 0 Å². The molecule has 1 N–H and O–H groups in total. The van der Waals surface area contributed by atoms with Crippen molar-refractivity contribution in [3.63, 3.8) is 0 Å². The zero-order chi connectivity index (χ0) is 8.72. The Bertz CT molecular complexity index is 407. The van der Waals surface area contributed by atoms with E-state index in [1.54, 1.807) is 17.4 Å². The van der Waals surface area contributed by atoms with Gasteiger partial charge in [0.25, 0.3) is 0 Å². The number of carbonyl (C=O) groups is 1. The van der Waals surface area contributed by atoms with Crippen molar-refractivity contribution in [3.8, 4) is 0 Å². The van der Waals surface area contributed by atoms with Gasteiger partial charge in [-0.1, -0.05) is 0 Å². The molecular formula is C8H6O2S2. The fourth-order valence-electron chi connectivity index (χ4n) is 1.07. The lowest BCUT2D eigenvalue weighted by molar-refractivity contribution is 0.0702. The van der Waals surface area contributed by atoms with Crippen LogP contribution in [0.5, 0.6) is 0 Å². The van der Waals surface area contributed by atoms with Crippen LogP contribution >= 0.6 is 22.7 Å². The van der Waals surface area contributed by atoms with Gasteiger partial charge in [0.2, 0.25) is 0 Å². The fraction of sp³-hybridized carbons (Fsp3) is 0.125. The predicted molar refractivity (Wildman–Crippen MR) is 51.4 cm³/mol. The highest BCUT2D eigenvalue weighted by Gasteiger charge is 2.09. The van der Waals surface area contributed by atoms with E-state index in [0.29, 0.717) is 4.88 Å². The molecule has 0 saturated carbocycles. The molecule has 0 atom stereocenters. The summed E-state index contributed by atoms with van der Waals surface area (Å²) < 4.78 is 1.10. The lowest BCUT2D eigenvalue weighted by Gasteiger charge is -1.81. The Kier molecular flexibility index (Phi) is 1.66. The topological polar surface area (TPSA) is 37.3 Å². The number of hydrogen-bond acceptors (Lipinski definition) is 3. The molecule has 2 aromatic rings. The van der Waals surface area contributed by atoms with Gasteiger partial charge in [0, 0.05) is 10.3 Å². The molecule has 0 aromatic carbocycles. The highest BCUT2D eigenvalue weighted by atomic mass is 32.2. The first-order valence-corrected chi connectivity index (χ1v) is 5.03. The van der Waals surface area contributed by atoms with Gasteiger partial charge in [-0.25, -0.2) is 4.79 Å². The first kappa shape index (κ1) is 7.76. The molecule has 12 heavy (non-hydrogen) atoms. The van der Waals surface area contributed by atoms with Crippen molar-refractivity contribution >= 4 is 38.0 Å². The van der Waals surface area contributed by atoms with Gasteiger partial charge in [0.15, 0.2) is 0 Å². The number of carboxylic acid groups (broad SMARTS) is 1. The molecule has 0 aliphatic heterocycles. The van der Waals surface area contributed by atoms with Crippen molar-refractivity contribution < 1.29 is 9.90 Å². The summed E-state index contributed by atoms with van der Waals surface area (Å²) in [6, 6.07) is 3.74. The second-order valence-electron chi connectivity index (χ2n) is 2.52. The Morgan fingerprint density at radius 1 is 1.42 bits per heavy atom. The maximum atomic E-state index is 10.6. The maximum absolute atomic E-state index is 10.6. The molecule has 0 amide bonds. The summed E-state index contributed by atoms with van der Waals surface area (Å²) in [5.74, 6) is -0.832. The molecule has 0 saturated heterocycles. The number of hydrogen-bond donors (Lipinski definition) is 1. The average molecular weight is 198 g/mol. The smallest absolute Gasteiger partial charge is 0.345 e. The van der Waals surface area contributed by atoms with E-state index in [2.05, 4.69) is 0 Å². The Morgan fingerprint density at radius 3 is 2.75 bits per heavy atom. The Balaban J connectivity index is 2.64.